The van der Waals surface area contributed by atoms with E-state index >= 15 is 0 Å². The van der Waals surface area contributed by atoms with Gasteiger partial charge in [-0.1, -0.05) is 59.6 Å². The van der Waals surface area contributed by atoms with Crippen LogP contribution < -0.4 is 14.4 Å². The summed E-state index contributed by atoms with van der Waals surface area (Å²) in [5.41, 5.74) is 3.53. The van der Waals surface area contributed by atoms with E-state index < -0.39 is 10.0 Å². The van der Waals surface area contributed by atoms with Crippen LogP contribution in [0.5, 0.6) is 5.75 Å². The summed E-state index contributed by atoms with van der Waals surface area (Å²) in [5.74, 6) is -0.218. The summed E-state index contributed by atoms with van der Waals surface area (Å²) in [4.78, 5) is 31.9. The molecule has 13 heteroatoms. The summed E-state index contributed by atoms with van der Waals surface area (Å²) >= 11 is 12.4. The molecule has 1 saturated heterocycles. The third-order valence-corrected chi connectivity index (χ3v) is 8.76. The van der Waals surface area contributed by atoms with Gasteiger partial charge in [-0.25, -0.2) is 8.42 Å². The highest BCUT2D eigenvalue weighted by Crippen LogP contribution is 2.39. The predicted molar refractivity (Wildman–Crippen MR) is 167 cm³/mol. The van der Waals surface area contributed by atoms with Crippen LogP contribution in [0.1, 0.15) is 11.6 Å². The Hall–Kier alpha value is -3.35. The minimum Gasteiger partial charge on any atom is -0.482 e. The van der Waals surface area contributed by atoms with Crippen LogP contribution in [0.4, 0.5) is 11.4 Å². The van der Waals surface area contributed by atoms with E-state index in [9.17, 15) is 18.0 Å². The number of fused-ring (bicyclic) bond motifs is 1. The Kier molecular flexibility index (Phi) is 9.48. The number of carbonyl (C=O) groups is 2. The van der Waals surface area contributed by atoms with Crippen LogP contribution in [0.15, 0.2) is 60.7 Å². The van der Waals surface area contributed by atoms with E-state index in [1.165, 1.54) is 11.0 Å². The number of sulfonamides is 1. The molecule has 2 heterocycles. The summed E-state index contributed by atoms with van der Waals surface area (Å²) in [6, 6.07) is 17.8. The largest absolute Gasteiger partial charge is 0.482 e. The second kappa shape index (κ2) is 13.1. The van der Waals surface area contributed by atoms with Crippen molar-refractivity contribution >= 4 is 56.4 Å². The molecule has 2 aliphatic heterocycles. The Labute approximate surface area is 261 Å². The first-order chi connectivity index (χ1) is 20.5. The number of hydrogen-bond acceptors (Lipinski definition) is 7. The van der Waals surface area contributed by atoms with Gasteiger partial charge in [0.2, 0.25) is 15.9 Å². The van der Waals surface area contributed by atoms with E-state index in [0.29, 0.717) is 41.9 Å². The number of likely N-dealkylation sites (N-methyl/N-ethyl adjacent to an activating group) is 1. The van der Waals surface area contributed by atoms with Gasteiger partial charge in [-0.2, -0.15) is 0 Å². The maximum Gasteiger partial charge on any atom is 0.265 e. The molecule has 2 amide bonds. The number of nitrogens with zero attached hydrogens (tertiary/aromatic N) is 3. The molecule has 1 atom stereocenters. The monoisotopic (exact) mass is 646 g/mol. The molecule has 0 radical (unpaired) electrons. The first kappa shape index (κ1) is 31.1. The average Bonchev–Trinajstić information content (AvgIpc) is 2.98. The van der Waals surface area contributed by atoms with E-state index in [1.807, 2.05) is 30.3 Å². The Balaban J connectivity index is 1.39. The second-order valence-electron chi connectivity index (χ2n) is 10.5. The van der Waals surface area contributed by atoms with Crippen molar-refractivity contribution in [2.24, 2.45) is 0 Å². The predicted octanol–water partition coefficient (Wildman–Crippen LogP) is 4.29. The number of rotatable bonds is 9. The van der Waals surface area contributed by atoms with Crippen molar-refractivity contribution in [3.63, 3.8) is 0 Å². The third-order valence-electron chi connectivity index (χ3n) is 7.43. The maximum absolute atomic E-state index is 13.7. The Bertz CT molecular complexity index is 1610. The molecule has 0 aromatic heterocycles. The van der Waals surface area contributed by atoms with Gasteiger partial charge in [0.05, 0.1) is 41.2 Å². The van der Waals surface area contributed by atoms with Gasteiger partial charge in [0, 0.05) is 38.4 Å². The third kappa shape index (κ3) is 7.60. The number of amides is 2. The fraction of sp³-hybridized carbons (Fsp3) is 0.333. The number of halogens is 2. The second-order valence-corrected chi connectivity index (χ2v) is 13.1. The highest BCUT2D eigenvalue weighted by Gasteiger charge is 2.32. The molecule has 10 nitrogen and oxygen atoms in total. The SMILES string of the molecule is CN(C(=O)CN1C(=O)COc2cc(Cl)c(Cl)cc21)C(CN1CCOCC1)c1ccc(-c2cccc(NS(C)(=O)=O)c2)cc1. The maximum atomic E-state index is 13.7. The zero-order valence-corrected chi connectivity index (χ0v) is 26.1. The number of carbonyl (C=O) groups excluding carboxylic acids is 2. The summed E-state index contributed by atoms with van der Waals surface area (Å²) in [7, 11) is -1.67. The van der Waals surface area contributed by atoms with Gasteiger partial charge in [0.25, 0.3) is 5.91 Å². The molecular weight excluding hydrogens is 615 g/mol. The molecule has 228 valence electrons. The summed E-state index contributed by atoms with van der Waals surface area (Å²) in [5, 5.41) is 0.554. The number of hydrogen-bond donors (Lipinski definition) is 1. The molecule has 0 saturated carbocycles. The van der Waals surface area contributed by atoms with Crippen LogP contribution >= 0.6 is 23.2 Å². The van der Waals surface area contributed by atoms with Gasteiger partial charge in [0.15, 0.2) is 6.61 Å². The minimum atomic E-state index is -3.41. The summed E-state index contributed by atoms with van der Waals surface area (Å²) in [6.45, 7) is 2.89. The lowest BCUT2D eigenvalue weighted by atomic mass is 9.99. The molecule has 3 aromatic carbocycles. The number of nitrogens with one attached hydrogen (secondary N) is 1. The lowest BCUT2D eigenvalue weighted by Gasteiger charge is -2.37. The lowest BCUT2D eigenvalue weighted by Crippen LogP contribution is -2.48. The van der Waals surface area contributed by atoms with Crippen molar-refractivity contribution in [1.29, 1.82) is 0 Å². The van der Waals surface area contributed by atoms with Crippen LogP contribution in [0, 0.1) is 0 Å². The Morgan fingerprint density at radius 2 is 1.72 bits per heavy atom. The zero-order valence-electron chi connectivity index (χ0n) is 23.8. The van der Waals surface area contributed by atoms with Gasteiger partial charge in [-0.05, 0) is 34.9 Å². The molecule has 0 bridgehead atoms. The smallest absolute Gasteiger partial charge is 0.265 e. The lowest BCUT2D eigenvalue weighted by molar-refractivity contribution is -0.133. The summed E-state index contributed by atoms with van der Waals surface area (Å²) in [6.07, 6.45) is 1.11. The van der Waals surface area contributed by atoms with E-state index in [2.05, 4.69) is 9.62 Å². The number of ether oxygens (including phenoxy) is 2. The number of morpholine rings is 1. The highest BCUT2D eigenvalue weighted by atomic mass is 35.5. The molecule has 3 aromatic rings. The number of anilines is 2. The van der Waals surface area contributed by atoms with Crippen molar-refractivity contribution in [3.05, 3.63) is 76.3 Å². The van der Waals surface area contributed by atoms with Crippen molar-refractivity contribution in [3.8, 4) is 16.9 Å². The van der Waals surface area contributed by atoms with Crippen LogP contribution in [0.25, 0.3) is 11.1 Å². The van der Waals surface area contributed by atoms with E-state index in [4.69, 9.17) is 32.7 Å². The highest BCUT2D eigenvalue weighted by molar-refractivity contribution is 7.92. The van der Waals surface area contributed by atoms with Crippen LogP contribution in [-0.2, 0) is 24.3 Å². The Morgan fingerprint density at radius 3 is 2.42 bits per heavy atom. The van der Waals surface area contributed by atoms with Crippen LogP contribution in [0.3, 0.4) is 0 Å². The summed E-state index contributed by atoms with van der Waals surface area (Å²) < 4.78 is 36.9. The molecule has 43 heavy (non-hydrogen) atoms. The average molecular weight is 648 g/mol. The fourth-order valence-corrected chi connectivity index (χ4v) is 6.01. The van der Waals surface area contributed by atoms with Crippen LogP contribution in [-0.4, -0.2) is 89.3 Å². The van der Waals surface area contributed by atoms with Crippen molar-refractivity contribution in [2.45, 2.75) is 6.04 Å². The standard InChI is InChI=1S/C30H32Cl2N4O6S/c1-34(29(37)18-36-26-15-24(31)25(32)16-28(26)42-19-30(36)38)27(17-35-10-12-41-13-11-35)21-8-6-20(7-9-21)22-4-3-5-23(14-22)33-43(2,39)40/h3-9,14-16,27,33H,10-13,17-19H2,1-2H3. The number of benzene rings is 3. The van der Waals surface area contributed by atoms with Gasteiger partial charge in [-0.15, -0.1) is 0 Å². The Morgan fingerprint density at radius 1 is 1.02 bits per heavy atom. The van der Waals surface area contributed by atoms with Crippen molar-refractivity contribution in [2.75, 3.05) is 68.9 Å². The zero-order chi connectivity index (χ0) is 30.7. The van der Waals surface area contributed by atoms with Crippen molar-refractivity contribution < 1.29 is 27.5 Å². The molecular formula is C30H32Cl2N4O6S. The first-order valence-corrected chi connectivity index (χ1v) is 16.3. The van der Waals surface area contributed by atoms with E-state index in [1.54, 1.807) is 36.2 Å². The van der Waals surface area contributed by atoms with E-state index in [0.717, 1.165) is 36.0 Å². The molecule has 0 aliphatic carbocycles. The molecule has 1 N–H and O–H groups in total. The van der Waals surface area contributed by atoms with Gasteiger partial charge in [-0.3, -0.25) is 24.1 Å². The molecule has 1 fully saturated rings. The quantitative estimate of drug-likeness (QED) is 0.369. The molecule has 0 spiro atoms. The molecule has 2 aliphatic rings. The minimum absolute atomic E-state index is 0.193. The topological polar surface area (TPSA) is 108 Å². The van der Waals surface area contributed by atoms with Gasteiger partial charge >= 0.3 is 0 Å². The van der Waals surface area contributed by atoms with Crippen molar-refractivity contribution in [1.82, 2.24) is 9.80 Å². The van der Waals surface area contributed by atoms with E-state index in [-0.39, 0.29) is 36.0 Å². The normalized spacial score (nSPS) is 16.3. The van der Waals surface area contributed by atoms with Gasteiger partial charge in [0.1, 0.15) is 12.3 Å². The molecule has 5 rings (SSSR count). The van der Waals surface area contributed by atoms with Gasteiger partial charge < -0.3 is 14.4 Å². The molecule has 1 unspecified atom stereocenters. The first-order valence-electron chi connectivity index (χ1n) is 13.6. The van der Waals surface area contributed by atoms with Crippen LogP contribution in [0.2, 0.25) is 10.0 Å². The fourth-order valence-electron chi connectivity index (χ4n) is 5.14.